The molecule has 2 rings (SSSR count). The van der Waals surface area contributed by atoms with Crippen LogP contribution >= 0.6 is 24.0 Å². The number of unbranched alkanes of at least 4 members (excludes halogenated alkanes) is 1. The maximum atomic E-state index is 12.5. The fourth-order valence-corrected chi connectivity index (χ4v) is 4.16. The lowest BCUT2D eigenvalue weighted by atomic mass is 10.2. The van der Waals surface area contributed by atoms with Gasteiger partial charge in [0.25, 0.3) is 0 Å². The lowest BCUT2D eigenvalue weighted by molar-refractivity contribution is 0.477. The topological polar surface area (TPSA) is 73.8 Å². The quantitative estimate of drug-likeness (QED) is 0.272. The van der Waals surface area contributed by atoms with E-state index >= 15 is 0 Å². The van der Waals surface area contributed by atoms with Crippen LogP contribution in [0, 0.1) is 0 Å². The van der Waals surface area contributed by atoms with Crippen molar-refractivity contribution in [3.05, 3.63) is 29.8 Å². The molecule has 0 spiro atoms. The molecular formula is C17H29IN4O2S. The molecule has 8 heteroatoms. The van der Waals surface area contributed by atoms with E-state index in [0.717, 1.165) is 43.8 Å². The first-order chi connectivity index (χ1) is 11.6. The highest BCUT2D eigenvalue weighted by molar-refractivity contribution is 14.0. The summed E-state index contributed by atoms with van der Waals surface area (Å²) in [4.78, 5) is 4.55. The third-order valence-electron chi connectivity index (χ3n) is 4.13. The Morgan fingerprint density at radius 2 is 1.80 bits per heavy atom. The van der Waals surface area contributed by atoms with E-state index in [4.69, 9.17) is 0 Å². The molecule has 1 saturated heterocycles. The molecule has 0 saturated carbocycles. The monoisotopic (exact) mass is 480 g/mol. The van der Waals surface area contributed by atoms with Crippen LogP contribution in [0.15, 0.2) is 34.2 Å². The third kappa shape index (κ3) is 6.41. The molecular weight excluding hydrogens is 451 g/mol. The summed E-state index contributed by atoms with van der Waals surface area (Å²) in [6, 6.07) is 7.10. The maximum Gasteiger partial charge on any atom is 0.243 e. The molecule has 0 atom stereocenters. The SMILES string of the molecule is CCCCNC(=NC)NCc1ccc(S(=O)(=O)N2CCCC2)cc1.I. The van der Waals surface area contributed by atoms with Gasteiger partial charge in [-0.3, -0.25) is 4.99 Å². The van der Waals surface area contributed by atoms with E-state index in [2.05, 4.69) is 22.5 Å². The van der Waals surface area contributed by atoms with E-state index in [1.807, 2.05) is 12.1 Å². The van der Waals surface area contributed by atoms with E-state index < -0.39 is 10.0 Å². The second-order valence-electron chi connectivity index (χ2n) is 5.96. The molecule has 0 aromatic heterocycles. The molecule has 2 N–H and O–H groups in total. The highest BCUT2D eigenvalue weighted by Crippen LogP contribution is 2.20. The van der Waals surface area contributed by atoms with Crippen molar-refractivity contribution in [2.24, 2.45) is 4.99 Å². The van der Waals surface area contributed by atoms with Crippen molar-refractivity contribution in [2.45, 2.75) is 44.0 Å². The lowest BCUT2D eigenvalue weighted by Gasteiger charge is -2.16. The van der Waals surface area contributed by atoms with Crippen molar-refractivity contribution < 1.29 is 8.42 Å². The normalized spacial score (nSPS) is 15.7. The number of hydrogen-bond acceptors (Lipinski definition) is 3. The zero-order chi connectivity index (χ0) is 17.4. The first-order valence-corrected chi connectivity index (χ1v) is 10.1. The first kappa shape index (κ1) is 22.2. The van der Waals surface area contributed by atoms with Gasteiger partial charge >= 0.3 is 0 Å². The molecule has 1 aromatic carbocycles. The predicted molar refractivity (Wildman–Crippen MR) is 113 cm³/mol. The Kier molecular flexibility index (Phi) is 9.73. The Balaban J connectivity index is 0.00000312. The highest BCUT2D eigenvalue weighted by atomic mass is 127. The number of halogens is 1. The van der Waals surface area contributed by atoms with E-state index in [9.17, 15) is 8.42 Å². The van der Waals surface area contributed by atoms with Crippen molar-refractivity contribution in [3.63, 3.8) is 0 Å². The largest absolute Gasteiger partial charge is 0.356 e. The van der Waals surface area contributed by atoms with Crippen LogP contribution in [0.4, 0.5) is 0 Å². The zero-order valence-electron chi connectivity index (χ0n) is 15.0. The molecule has 0 bridgehead atoms. The summed E-state index contributed by atoms with van der Waals surface area (Å²) in [5, 5.41) is 6.49. The van der Waals surface area contributed by atoms with Gasteiger partial charge in [-0.2, -0.15) is 4.31 Å². The summed E-state index contributed by atoms with van der Waals surface area (Å²) in [6.45, 7) is 4.91. The molecule has 142 valence electrons. The van der Waals surface area contributed by atoms with Gasteiger partial charge in [0.05, 0.1) is 4.90 Å². The third-order valence-corrected chi connectivity index (χ3v) is 6.05. The Morgan fingerprint density at radius 1 is 1.16 bits per heavy atom. The number of sulfonamides is 1. The summed E-state index contributed by atoms with van der Waals surface area (Å²) in [7, 11) is -1.59. The molecule has 1 fully saturated rings. The van der Waals surface area contributed by atoms with Crippen LogP contribution in [0.2, 0.25) is 0 Å². The van der Waals surface area contributed by atoms with Crippen molar-refractivity contribution >= 4 is 40.0 Å². The molecule has 0 radical (unpaired) electrons. The van der Waals surface area contributed by atoms with Crippen LogP contribution in [0.25, 0.3) is 0 Å². The summed E-state index contributed by atoms with van der Waals surface area (Å²) < 4.78 is 26.5. The fourth-order valence-electron chi connectivity index (χ4n) is 2.65. The number of nitrogens with one attached hydrogen (secondary N) is 2. The molecule has 1 aliphatic rings. The maximum absolute atomic E-state index is 12.5. The average Bonchev–Trinajstić information content (AvgIpc) is 3.14. The van der Waals surface area contributed by atoms with E-state index in [0.29, 0.717) is 24.5 Å². The van der Waals surface area contributed by atoms with Gasteiger partial charge in [-0.25, -0.2) is 8.42 Å². The van der Waals surface area contributed by atoms with Crippen molar-refractivity contribution in [2.75, 3.05) is 26.7 Å². The summed E-state index contributed by atoms with van der Waals surface area (Å²) in [5.74, 6) is 0.761. The van der Waals surface area contributed by atoms with Gasteiger partial charge < -0.3 is 10.6 Å². The minimum atomic E-state index is -3.33. The standard InChI is InChI=1S/C17H28N4O2S.HI/c1-3-4-11-19-17(18-2)20-14-15-7-9-16(10-8-15)24(22,23)21-12-5-6-13-21;/h7-10H,3-6,11-14H2,1-2H3,(H2,18,19,20);1H. The molecule has 1 heterocycles. The van der Waals surface area contributed by atoms with Gasteiger partial charge in [0.2, 0.25) is 10.0 Å². The van der Waals surface area contributed by atoms with Crippen molar-refractivity contribution in [1.82, 2.24) is 14.9 Å². The number of hydrogen-bond donors (Lipinski definition) is 2. The van der Waals surface area contributed by atoms with Crippen molar-refractivity contribution in [3.8, 4) is 0 Å². The smallest absolute Gasteiger partial charge is 0.243 e. The Morgan fingerprint density at radius 3 is 2.36 bits per heavy atom. The minimum absolute atomic E-state index is 0. The second kappa shape index (κ2) is 11.0. The molecule has 25 heavy (non-hydrogen) atoms. The van der Waals surface area contributed by atoms with Gasteiger partial charge in [-0.1, -0.05) is 25.5 Å². The Bertz CT molecular complexity index is 641. The molecule has 0 unspecified atom stereocenters. The van der Waals surface area contributed by atoms with Crippen LogP contribution in [0.5, 0.6) is 0 Å². The van der Waals surface area contributed by atoms with Crippen LogP contribution in [-0.4, -0.2) is 45.4 Å². The highest BCUT2D eigenvalue weighted by Gasteiger charge is 2.26. The van der Waals surface area contributed by atoms with Crippen LogP contribution < -0.4 is 10.6 Å². The number of rotatable bonds is 7. The van der Waals surface area contributed by atoms with Gasteiger partial charge in [-0.05, 0) is 37.0 Å². The minimum Gasteiger partial charge on any atom is -0.356 e. The Hall–Kier alpha value is -0.870. The van der Waals surface area contributed by atoms with Gasteiger partial charge in [0, 0.05) is 33.2 Å². The summed E-state index contributed by atoms with van der Waals surface area (Å²) >= 11 is 0. The fraction of sp³-hybridized carbons (Fsp3) is 0.588. The number of nitrogens with zero attached hydrogens (tertiary/aromatic N) is 2. The van der Waals surface area contributed by atoms with Crippen LogP contribution in [0.3, 0.4) is 0 Å². The van der Waals surface area contributed by atoms with E-state index in [-0.39, 0.29) is 24.0 Å². The van der Waals surface area contributed by atoms with E-state index in [1.165, 1.54) is 0 Å². The molecule has 1 aromatic rings. The Labute approximate surface area is 168 Å². The molecule has 0 aliphatic carbocycles. The zero-order valence-corrected chi connectivity index (χ0v) is 18.1. The van der Waals surface area contributed by atoms with Crippen LogP contribution in [-0.2, 0) is 16.6 Å². The van der Waals surface area contributed by atoms with Crippen molar-refractivity contribution in [1.29, 1.82) is 0 Å². The number of guanidine groups is 1. The van der Waals surface area contributed by atoms with Gasteiger partial charge in [0.1, 0.15) is 0 Å². The number of aliphatic imine (C=N–C) groups is 1. The van der Waals surface area contributed by atoms with E-state index in [1.54, 1.807) is 23.5 Å². The summed E-state index contributed by atoms with van der Waals surface area (Å²) in [6.07, 6.45) is 4.14. The molecule has 0 amide bonds. The molecule has 1 aliphatic heterocycles. The lowest BCUT2D eigenvalue weighted by Crippen LogP contribution is -2.37. The van der Waals surface area contributed by atoms with Gasteiger partial charge in [-0.15, -0.1) is 24.0 Å². The first-order valence-electron chi connectivity index (χ1n) is 8.61. The van der Waals surface area contributed by atoms with Gasteiger partial charge in [0.15, 0.2) is 5.96 Å². The molecule has 6 nitrogen and oxygen atoms in total. The van der Waals surface area contributed by atoms with Crippen LogP contribution in [0.1, 0.15) is 38.2 Å². The number of benzene rings is 1. The summed E-state index contributed by atoms with van der Waals surface area (Å²) in [5.41, 5.74) is 1.02. The average molecular weight is 480 g/mol. The predicted octanol–water partition coefficient (Wildman–Crippen LogP) is 2.55. The second-order valence-corrected chi connectivity index (χ2v) is 7.90.